The summed E-state index contributed by atoms with van der Waals surface area (Å²) >= 11 is 0. The van der Waals surface area contributed by atoms with Gasteiger partial charge >= 0.3 is 0 Å². The maximum atomic E-state index is 11.7. The van der Waals surface area contributed by atoms with Crippen LogP contribution in [0.25, 0.3) is 0 Å². The molecule has 0 saturated carbocycles. The van der Waals surface area contributed by atoms with E-state index in [1.54, 1.807) is 0 Å². The van der Waals surface area contributed by atoms with Gasteiger partial charge in [0.2, 0.25) is 0 Å². The summed E-state index contributed by atoms with van der Waals surface area (Å²) in [4.78, 5) is 10.8. The first-order valence-corrected chi connectivity index (χ1v) is 8.79. The molecule has 2 heterocycles. The number of aromatic nitrogens is 2. The molecule has 1 fully saturated rings. The van der Waals surface area contributed by atoms with Crippen LogP contribution in [-0.4, -0.2) is 49.5 Å². The lowest BCUT2D eigenvalue weighted by Crippen LogP contribution is -2.47. The Balaban J connectivity index is 2.37. The molecule has 0 spiro atoms. The van der Waals surface area contributed by atoms with Gasteiger partial charge in [0, 0.05) is 25.2 Å². The summed E-state index contributed by atoms with van der Waals surface area (Å²) in [6.45, 7) is 4.55. The van der Waals surface area contributed by atoms with Crippen LogP contribution in [0.15, 0.2) is 6.33 Å². The fraction of sp³-hybridized carbons (Fsp3) is 0.692. The average Bonchev–Trinajstić information content (AvgIpc) is 2.39. The van der Waals surface area contributed by atoms with Crippen molar-refractivity contribution >= 4 is 21.5 Å². The molecule has 20 heavy (non-hydrogen) atoms. The second kappa shape index (κ2) is 5.95. The Morgan fingerprint density at radius 3 is 2.80 bits per heavy atom. The van der Waals surface area contributed by atoms with Gasteiger partial charge in [-0.3, -0.25) is 0 Å². The Morgan fingerprint density at radius 2 is 2.20 bits per heavy atom. The van der Waals surface area contributed by atoms with Gasteiger partial charge in [0.05, 0.1) is 11.5 Å². The molecule has 1 aliphatic rings. The third-order valence-electron chi connectivity index (χ3n) is 3.60. The van der Waals surface area contributed by atoms with Crippen molar-refractivity contribution < 1.29 is 8.42 Å². The lowest BCUT2D eigenvalue weighted by molar-refractivity contribution is 0.566. The van der Waals surface area contributed by atoms with Gasteiger partial charge in [-0.25, -0.2) is 18.4 Å². The quantitative estimate of drug-likeness (QED) is 0.897. The zero-order valence-electron chi connectivity index (χ0n) is 12.3. The van der Waals surface area contributed by atoms with Crippen molar-refractivity contribution in [3.8, 4) is 0 Å². The number of hydrogen-bond donors (Lipinski definition) is 1. The number of anilines is 2. The van der Waals surface area contributed by atoms with Crippen molar-refractivity contribution in [3.63, 3.8) is 0 Å². The number of nitrogens with zero attached hydrogens (tertiary/aromatic N) is 3. The molecular formula is C13H22N4O2S. The fourth-order valence-electron chi connectivity index (χ4n) is 2.66. The topological polar surface area (TPSA) is 75.2 Å². The summed E-state index contributed by atoms with van der Waals surface area (Å²) in [6.07, 6.45) is 3.41. The van der Waals surface area contributed by atoms with E-state index in [2.05, 4.69) is 27.1 Å². The number of nitrogens with one attached hydrogen (secondary N) is 1. The van der Waals surface area contributed by atoms with E-state index < -0.39 is 9.84 Å². The van der Waals surface area contributed by atoms with Crippen molar-refractivity contribution in [1.82, 2.24) is 9.97 Å². The highest BCUT2D eigenvalue weighted by atomic mass is 32.2. The molecule has 0 aromatic carbocycles. The minimum Gasteiger partial charge on any atom is -0.373 e. The van der Waals surface area contributed by atoms with Crippen molar-refractivity contribution in [2.45, 2.75) is 32.7 Å². The van der Waals surface area contributed by atoms with E-state index in [0.29, 0.717) is 6.54 Å². The highest BCUT2D eigenvalue weighted by Crippen LogP contribution is 2.28. The molecule has 1 unspecified atom stereocenters. The number of hydrogen-bond acceptors (Lipinski definition) is 6. The van der Waals surface area contributed by atoms with E-state index in [1.807, 2.05) is 14.0 Å². The van der Waals surface area contributed by atoms with Crippen LogP contribution in [0.4, 0.5) is 11.6 Å². The van der Waals surface area contributed by atoms with Crippen LogP contribution in [-0.2, 0) is 16.3 Å². The highest BCUT2D eigenvalue weighted by Gasteiger charge is 2.30. The predicted molar refractivity (Wildman–Crippen MR) is 81.0 cm³/mol. The Bertz CT molecular complexity index is 574. The summed E-state index contributed by atoms with van der Waals surface area (Å²) < 4.78 is 23.4. The zero-order valence-corrected chi connectivity index (χ0v) is 13.1. The monoisotopic (exact) mass is 298 g/mol. The number of rotatable bonds is 4. The van der Waals surface area contributed by atoms with Gasteiger partial charge < -0.3 is 10.2 Å². The third-order valence-corrected chi connectivity index (χ3v) is 5.40. The molecular weight excluding hydrogens is 276 g/mol. The molecule has 6 nitrogen and oxygen atoms in total. The molecule has 1 saturated heterocycles. The van der Waals surface area contributed by atoms with Crippen LogP contribution in [0.1, 0.15) is 25.8 Å². The Kier molecular flexibility index (Phi) is 4.47. The van der Waals surface area contributed by atoms with Gasteiger partial charge in [0.1, 0.15) is 18.0 Å². The van der Waals surface area contributed by atoms with E-state index in [4.69, 9.17) is 0 Å². The normalized spacial score (nSPS) is 21.8. The van der Waals surface area contributed by atoms with Gasteiger partial charge in [-0.05, 0) is 13.3 Å². The maximum Gasteiger partial charge on any atom is 0.154 e. The van der Waals surface area contributed by atoms with Gasteiger partial charge in [0.15, 0.2) is 9.84 Å². The lowest BCUT2D eigenvalue weighted by atomic mass is 10.1. The Morgan fingerprint density at radius 1 is 1.45 bits per heavy atom. The summed E-state index contributed by atoms with van der Waals surface area (Å²) in [7, 11) is -1.07. The molecule has 0 aliphatic carbocycles. The number of sulfone groups is 1. The van der Waals surface area contributed by atoms with E-state index in [-0.39, 0.29) is 17.5 Å². The summed E-state index contributed by atoms with van der Waals surface area (Å²) in [5.74, 6) is 2.09. The van der Waals surface area contributed by atoms with Crippen LogP contribution in [0.2, 0.25) is 0 Å². The average molecular weight is 298 g/mol. The second-order valence-electron chi connectivity index (χ2n) is 5.18. The first-order chi connectivity index (χ1) is 9.48. The smallest absolute Gasteiger partial charge is 0.154 e. The molecule has 2 rings (SSSR count). The molecule has 0 radical (unpaired) electrons. The highest BCUT2D eigenvalue weighted by molar-refractivity contribution is 7.91. The van der Waals surface area contributed by atoms with Crippen molar-refractivity contribution in [2.24, 2.45) is 0 Å². The van der Waals surface area contributed by atoms with E-state index in [0.717, 1.165) is 30.0 Å². The van der Waals surface area contributed by atoms with Gasteiger partial charge in [-0.15, -0.1) is 0 Å². The van der Waals surface area contributed by atoms with E-state index in [1.165, 1.54) is 6.33 Å². The fourth-order valence-corrected chi connectivity index (χ4v) is 4.22. The zero-order chi connectivity index (χ0) is 14.8. The molecule has 0 amide bonds. The van der Waals surface area contributed by atoms with E-state index in [9.17, 15) is 8.42 Å². The van der Waals surface area contributed by atoms with Gasteiger partial charge in [-0.1, -0.05) is 13.3 Å². The molecule has 1 aromatic heterocycles. The summed E-state index contributed by atoms with van der Waals surface area (Å²) in [5.41, 5.74) is 1.07. The Labute approximate surface area is 120 Å². The minimum absolute atomic E-state index is 0.0519. The molecule has 0 bridgehead atoms. The molecule has 1 N–H and O–H groups in total. The summed E-state index contributed by atoms with van der Waals surface area (Å²) in [6, 6.07) is -0.0519. The first-order valence-electron chi connectivity index (χ1n) is 6.97. The van der Waals surface area contributed by atoms with Crippen LogP contribution >= 0.6 is 0 Å². The van der Waals surface area contributed by atoms with E-state index >= 15 is 0 Å². The molecule has 1 aromatic rings. The lowest BCUT2D eigenvalue weighted by Gasteiger charge is -2.35. The second-order valence-corrected chi connectivity index (χ2v) is 7.41. The van der Waals surface area contributed by atoms with Crippen molar-refractivity contribution in [2.75, 3.05) is 35.3 Å². The van der Waals surface area contributed by atoms with Crippen LogP contribution in [0.3, 0.4) is 0 Å². The third kappa shape index (κ3) is 3.03. The summed E-state index contributed by atoms with van der Waals surface area (Å²) in [5, 5.41) is 3.09. The minimum atomic E-state index is -2.91. The predicted octanol–water partition coefficient (Wildman–Crippen LogP) is 1.09. The molecule has 112 valence electrons. The van der Waals surface area contributed by atoms with Crippen LogP contribution in [0, 0.1) is 0 Å². The maximum absolute atomic E-state index is 11.7. The molecule has 1 aliphatic heterocycles. The van der Waals surface area contributed by atoms with Crippen molar-refractivity contribution in [3.05, 3.63) is 11.9 Å². The SMILES string of the molecule is CCCc1c(NC)ncnc1N1CCS(=O)(=O)CC1C. The van der Waals surface area contributed by atoms with Gasteiger partial charge in [-0.2, -0.15) is 0 Å². The molecule has 1 atom stereocenters. The standard InChI is InChI=1S/C13H22N4O2S/c1-4-5-11-12(14-3)15-9-16-13(11)17-6-7-20(18,19)8-10(17)2/h9-10H,4-8H2,1-3H3,(H,14,15,16). The van der Waals surface area contributed by atoms with Crippen molar-refractivity contribution in [1.29, 1.82) is 0 Å². The van der Waals surface area contributed by atoms with Crippen LogP contribution in [0.5, 0.6) is 0 Å². The Hall–Kier alpha value is -1.37. The largest absolute Gasteiger partial charge is 0.373 e. The van der Waals surface area contributed by atoms with Crippen LogP contribution < -0.4 is 10.2 Å². The van der Waals surface area contributed by atoms with Gasteiger partial charge in [0.25, 0.3) is 0 Å². The first kappa shape index (κ1) is 15.0. The molecule has 7 heteroatoms.